The van der Waals surface area contributed by atoms with E-state index in [-0.39, 0.29) is 8.85 Å². The van der Waals surface area contributed by atoms with Crippen molar-refractivity contribution in [1.29, 1.82) is 0 Å². The van der Waals surface area contributed by atoms with E-state index < -0.39 is 0 Å². The molecule has 0 aliphatic rings. The van der Waals surface area contributed by atoms with Crippen molar-refractivity contribution in [1.82, 2.24) is 0 Å². The van der Waals surface area contributed by atoms with Crippen LogP contribution in [-0.4, -0.2) is 18.0 Å². The Morgan fingerprint density at radius 2 is 1.42 bits per heavy atom. The van der Waals surface area contributed by atoms with E-state index in [0.29, 0.717) is 5.92 Å². The van der Waals surface area contributed by atoms with Gasteiger partial charge in [-0.05, 0) is 84.6 Å². The van der Waals surface area contributed by atoms with E-state index in [9.17, 15) is 0 Å². The number of rotatable bonds is 10. The fraction of sp³-hybridized carbons (Fsp3) is 0.762. The summed E-state index contributed by atoms with van der Waals surface area (Å²) in [5.74, 6) is 1.40. The van der Waals surface area contributed by atoms with E-state index in [1.165, 1.54) is 24.0 Å². The van der Waals surface area contributed by atoms with Crippen molar-refractivity contribution >= 4 is 6.21 Å². The summed E-state index contributed by atoms with van der Waals surface area (Å²) in [5.41, 5.74) is 8.24. The van der Waals surface area contributed by atoms with Gasteiger partial charge in [-0.15, -0.1) is 5.16 Å². The van der Waals surface area contributed by atoms with Crippen molar-refractivity contribution in [2.75, 3.05) is 6.54 Å². The predicted molar refractivity (Wildman–Crippen MR) is 113 cm³/mol. The summed E-state index contributed by atoms with van der Waals surface area (Å²) in [7, 11) is 0. The molecule has 0 fully saturated rings. The Morgan fingerprint density at radius 3 is 1.79 bits per heavy atom. The third-order valence-electron chi connectivity index (χ3n) is 3.67. The Kier molecular flexibility index (Phi) is 23.1. The first-order chi connectivity index (χ1) is 10.8. The Bertz CT molecular complexity index is 344. The molecule has 0 amide bonds. The maximum atomic E-state index is 8.19. The fourth-order valence-corrected chi connectivity index (χ4v) is 2.09. The standard InChI is InChI=1S/C10H19NO.C10H21N.CH4.H2/c1-9(2)5-4-6-10(3)7-8-11-12;1-9(2)5-4-6-10(3)7-8-11;;/h5,8,10,12H,4,6-7H2,1-3H3;5,10H,4,6-8,11H2,1-3H3;1H4;1H/b11-8+;;;. The van der Waals surface area contributed by atoms with Gasteiger partial charge >= 0.3 is 0 Å². The van der Waals surface area contributed by atoms with Crippen molar-refractivity contribution in [3.05, 3.63) is 23.3 Å². The molecule has 0 spiro atoms. The molecule has 3 nitrogen and oxygen atoms in total. The molecule has 0 saturated heterocycles. The van der Waals surface area contributed by atoms with Crippen LogP contribution in [0.5, 0.6) is 0 Å². The lowest BCUT2D eigenvalue weighted by Gasteiger charge is -2.06. The van der Waals surface area contributed by atoms with Crippen LogP contribution in [0.2, 0.25) is 0 Å². The Labute approximate surface area is 153 Å². The summed E-state index contributed by atoms with van der Waals surface area (Å²) in [4.78, 5) is 0. The highest BCUT2D eigenvalue weighted by Crippen LogP contribution is 2.10. The van der Waals surface area contributed by atoms with Crippen molar-refractivity contribution in [3.63, 3.8) is 0 Å². The Balaban J connectivity index is -0.000000164. The maximum Gasteiger partial charge on any atom is 0.0438 e. The number of hydrogen-bond acceptors (Lipinski definition) is 3. The summed E-state index contributed by atoms with van der Waals surface area (Å²) in [6, 6.07) is 0. The molecule has 3 N–H and O–H groups in total. The summed E-state index contributed by atoms with van der Waals surface area (Å²) < 4.78 is 0. The Hall–Kier alpha value is -1.09. The highest BCUT2D eigenvalue weighted by atomic mass is 16.4. The van der Waals surface area contributed by atoms with Gasteiger partial charge in [-0.1, -0.05) is 44.6 Å². The minimum atomic E-state index is 0. The van der Waals surface area contributed by atoms with Gasteiger partial charge in [-0.2, -0.15) is 0 Å². The van der Waals surface area contributed by atoms with Crippen molar-refractivity contribution in [2.45, 2.75) is 87.5 Å². The molecule has 0 bridgehead atoms. The second-order valence-corrected chi connectivity index (χ2v) is 7.04. The average Bonchev–Trinajstić information content (AvgIpc) is 2.45. The number of nitrogens with two attached hydrogens (primary N) is 1. The van der Waals surface area contributed by atoms with Crippen molar-refractivity contribution in [3.8, 4) is 0 Å². The molecule has 0 heterocycles. The zero-order valence-electron chi connectivity index (χ0n) is 16.3. The van der Waals surface area contributed by atoms with Gasteiger partial charge in [0.15, 0.2) is 0 Å². The van der Waals surface area contributed by atoms with Crippen molar-refractivity contribution in [2.24, 2.45) is 22.7 Å². The largest absolute Gasteiger partial charge is 0.411 e. The van der Waals surface area contributed by atoms with E-state index in [4.69, 9.17) is 10.9 Å². The van der Waals surface area contributed by atoms with Gasteiger partial charge < -0.3 is 10.9 Å². The SMILES string of the molecule is C.CC(C)=CCCC(C)C/C=N/O.CC(C)=CCCC(C)CCN.[HH]. The van der Waals surface area contributed by atoms with Crippen LogP contribution in [0, 0.1) is 11.8 Å². The normalized spacial score (nSPS) is 12.5. The first-order valence-corrected chi connectivity index (χ1v) is 8.96. The molecule has 0 aromatic heterocycles. The summed E-state index contributed by atoms with van der Waals surface area (Å²) in [6.45, 7) is 13.8. The molecular weight excluding hydrogens is 296 g/mol. The zero-order chi connectivity index (χ0) is 18.1. The van der Waals surface area contributed by atoms with Gasteiger partial charge in [-0.3, -0.25) is 0 Å². The van der Waals surface area contributed by atoms with Crippen LogP contribution >= 0.6 is 0 Å². The third kappa shape index (κ3) is 25.8. The van der Waals surface area contributed by atoms with E-state index in [1.807, 2.05) is 0 Å². The first-order valence-electron chi connectivity index (χ1n) is 8.96. The molecule has 2 atom stereocenters. The summed E-state index contributed by atoms with van der Waals surface area (Å²) in [5, 5.41) is 11.2. The van der Waals surface area contributed by atoms with Crippen LogP contribution in [0.3, 0.4) is 0 Å². The highest BCUT2D eigenvalue weighted by molar-refractivity contribution is 5.56. The second kappa shape index (κ2) is 20.0. The molecule has 0 aromatic carbocycles. The molecule has 0 rings (SSSR count). The van der Waals surface area contributed by atoms with Crippen molar-refractivity contribution < 1.29 is 6.63 Å². The van der Waals surface area contributed by atoms with E-state index in [1.54, 1.807) is 6.21 Å². The molecule has 0 aliphatic heterocycles. The molecule has 0 aliphatic carbocycles. The minimum Gasteiger partial charge on any atom is -0.411 e. The molecule has 0 aromatic rings. The van der Waals surface area contributed by atoms with Crippen LogP contribution in [0.4, 0.5) is 0 Å². The molecular formula is C21H46N2O. The lowest BCUT2D eigenvalue weighted by Crippen LogP contribution is -2.05. The average molecular weight is 343 g/mol. The maximum absolute atomic E-state index is 8.19. The quantitative estimate of drug-likeness (QED) is 0.198. The Morgan fingerprint density at radius 1 is 0.958 bits per heavy atom. The van der Waals surface area contributed by atoms with Gasteiger partial charge in [-0.25, -0.2) is 0 Å². The molecule has 0 radical (unpaired) electrons. The number of oxime groups is 1. The number of allylic oxidation sites excluding steroid dienone is 4. The van der Waals surface area contributed by atoms with Crippen LogP contribution in [-0.2, 0) is 0 Å². The summed E-state index contributed by atoms with van der Waals surface area (Å²) >= 11 is 0. The third-order valence-corrected chi connectivity index (χ3v) is 3.67. The molecule has 0 saturated carbocycles. The summed E-state index contributed by atoms with van der Waals surface area (Å²) in [6.07, 6.45) is 12.9. The van der Waals surface area contributed by atoms with E-state index in [0.717, 1.165) is 38.1 Å². The first kappa shape index (κ1) is 27.7. The van der Waals surface area contributed by atoms with Crippen LogP contribution in [0.15, 0.2) is 28.5 Å². The topological polar surface area (TPSA) is 58.6 Å². The van der Waals surface area contributed by atoms with Gasteiger partial charge in [0.2, 0.25) is 0 Å². The lowest BCUT2D eigenvalue weighted by atomic mass is 10.0. The zero-order valence-corrected chi connectivity index (χ0v) is 16.3. The highest BCUT2D eigenvalue weighted by Gasteiger charge is 1.98. The molecule has 24 heavy (non-hydrogen) atoms. The molecule has 146 valence electrons. The number of nitrogens with zero attached hydrogens (tertiary/aromatic N) is 1. The van der Waals surface area contributed by atoms with Crippen LogP contribution < -0.4 is 5.73 Å². The van der Waals surface area contributed by atoms with Crippen LogP contribution in [0.25, 0.3) is 0 Å². The van der Waals surface area contributed by atoms with Gasteiger partial charge in [0.1, 0.15) is 0 Å². The number of hydrogen-bond donors (Lipinski definition) is 2. The molecule has 2 unspecified atom stereocenters. The van der Waals surface area contributed by atoms with Crippen LogP contribution in [0.1, 0.15) is 88.9 Å². The predicted octanol–water partition coefficient (Wildman–Crippen LogP) is 6.82. The van der Waals surface area contributed by atoms with Gasteiger partial charge in [0.25, 0.3) is 0 Å². The molecule has 3 heteroatoms. The monoisotopic (exact) mass is 342 g/mol. The van der Waals surface area contributed by atoms with Gasteiger partial charge in [0, 0.05) is 7.64 Å². The van der Waals surface area contributed by atoms with Gasteiger partial charge in [0.05, 0.1) is 0 Å². The van der Waals surface area contributed by atoms with E-state index in [2.05, 4.69) is 58.9 Å². The fourth-order valence-electron chi connectivity index (χ4n) is 2.09. The van der Waals surface area contributed by atoms with E-state index >= 15 is 0 Å². The lowest BCUT2D eigenvalue weighted by molar-refractivity contribution is 0.319. The second-order valence-electron chi connectivity index (χ2n) is 7.04. The minimum absolute atomic E-state index is 0. The smallest absolute Gasteiger partial charge is 0.0438 e.